The number of amides is 1. The second-order valence-electron chi connectivity index (χ2n) is 6.12. The normalized spacial score (nSPS) is 10.7. The summed E-state index contributed by atoms with van der Waals surface area (Å²) in [5.74, 6) is 2.35. The summed E-state index contributed by atoms with van der Waals surface area (Å²) in [5.41, 5.74) is 1.16. The summed E-state index contributed by atoms with van der Waals surface area (Å²) in [6, 6.07) is 6.03. The predicted octanol–water partition coefficient (Wildman–Crippen LogP) is 2.68. The molecular formula is C20H35IN4O3. The molecule has 2 N–H and O–H groups in total. The first kappa shape index (κ1) is 26.3. The van der Waals surface area contributed by atoms with Gasteiger partial charge in [-0.15, -0.1) is 24.0 Å². The van der Waals surface area contributed by atoms with Crippen molar-refractivity contribution in [3.05, 3.63) is 23.8 Å². The molecule has 0 unspecified atom stereocenters. The lowest BCUT2D eigenvalue weighted by molar-refractivity contribution is -0.128. The van der Waals surface area contributed by atoms with Crippen LogP contribution in [0.4, 0.5) is 0 Å². The molecule has 160 valence electrons. The molecule has 0 atom stereocenters. The van der Waals surface area contributed by atoms with Crippen molar-refractivity contribution < 1.29 is 14.3 Å². The van der Waals surface area contributed by atoms with Gasteiger partial charge in [-0.2, -0.15) is 0 Å². The maximum absolute atomic E-state index is 11.6. The fourth-order valence-electron chi connectivity index (χ4n) is 2.40. The number of aliphatic imine (C=N–C) groups is 1. The molecule has 0 heterocycles. The number of guanidine groups is 1. The minimum Gasteiger partial charge on any atom is -0.490 e. The Bertz CT molecular complexity index is 609. The molecule has 1 aromatic carbocycles. The summed E-state index contributed by atoms with van der Waals surface area (Å²) >= 11 is 0. The largest absolute Gasteiger partial charge is 0.490 e. The Balaban J connectivity index is 0.00000729. The van der Waals surface area contributed by atoms with Crippen LogP contribution in [0.15, 0.2) is 23.2 Å². The van der Waals surface area contributed by atoms with Crippen LogP contribution in [0.2, 0.25) is 0 Å². The summed E-state index contributed by atoms with van der Waals surface area (Å²) in [5, 5.41) is 6.50. The quantitative estimate of drug-likeness (QED) is 0.274. The highest BCUT2D eigenvalue weighted by Crippen LogP contribution is 2.28. The lowest BCUT2D eigenvalue weighted by Gasteiger charge is -2.14. The smallest absolute Gasteiger partial charge is 0.223 e. The molecule has 7 nitrogen and oxygen atoms in total. The Labute approximate surface area is 186 Å². The molecule has 0 radical (unpaired) electrons. The van der Waals surface area contributed by atoms with E-state index < -0.39 is 0 Å². The molecule has 0 saturated carbocycles. The molecule has 1 amide bonds. The summed E-state index contributed by atoms with van der Waals surface area (Å²) in [4.78, 5) is 17.7. The average Bonchev–Trinajstić information content (AvgIpc) is 2.64. The van der Waals surface area contributed by atoms with Gasteiger partial charge in [-0.1, -0.05) is 6.07 Å². The van der Waals surface area contributed by atoms with Crippen molar-refractivity contribution in [2.75, 3.05) is 46.9 Å². The molecule has 0 aliphatic carbocycles. The van der Waals surface area contributed by atoms with Gasteiger partial charge in [0, 0.05) is 33.6 Å². The van der Waals surface area contributed by atoms with Gasteiger partial charge in [-0.05, 0) is 44.9 Å². The van der Waals surface area contributed by atoms with E-state index in [0.717, 1.165) is 42.5 Å². The van der Waals surface area contributed by atoms with E-state index in [1.807, 2.05) is 32.9 Å². The monoisotopic (exact) mass is 506 g/mol. The summed E-state index contributed by atoms with van der Waals surface area (Å²) in [7, 11) is 3.51. The summed E-state index contributed by atoms with van der Waals surface area (Å²) < 4.78 is 11.3. The van der Waals surface area contributed by atoms with Crippen LogP contribution < -0.4 is 20.1 Å². The topological polar surface area (TPSA) is 75.2 Å². The minimum absolute atomic E-state index is 0. The second kappa shape index (κ2) is 15.2. The van der Waals surface area contributed by atoms with Crippen LogP contribution >= 0.6 is 24.0 Å². The molecule has 0 saturated heterocycles. The third-order valence-corrected chi connectivity index (χ3v) is 3.75. The molecule has 0 spiro atoms. The molecule has 0 bridgehead atoms. The molecule has 0 aromatic heterocycles. The summed E-state index contributed by atoms with van der Waals surface area (Å²) in [6.45, 7) is 9.11. The second-order valence-corrected chi connectivity index (χ2v) is 6.12. The Morgan fingerprint density at radius 2 is 1.75 bits per heavy atom. The van der Waals surface area contributed by atoms with Crippen molar-refractivity contribution in [1.82, 2.24) is 15.5 Å². The standard InChI is InChI=1S/C20H34N4O3.HI/c1-6-21-20(23-14-12-19(25)24(4)5)22-13-11-16-9-10-17(26-7-2)18(15-16)27-8-3;/h9-10,15H,6-8,11-14H2,1-5H3,(H2,21,22,23);1H. The van der Waals surface area contributed by atoms with E-state index in [4.69, 9.17) is 9.47 Å². The maximum atomic E-state index is 11.6. The first-order chi connectivity index (χ1) is 13.0. The molecular weight excluding hydrogens is 471 g/mol. The number of halogens is 1. The van der Waals surface area contributed by atoms with Crippen molar-refractivity contribution in [1.29, 1.82) is 0 Å². The van der Waals surface area contributed by atoms with Gasteiger partial charge in [0.05, 0.1) is 19.8 Å². The van der Waals surface area contributed by atoms with Gasteiger partial charge < -0.3 is 25.0 Å². The molecule has 0 fully saturated rings. The van der Waals surface area contributed by atoms with Crippen molar-refractivity contribution in [3.63, 3.8) is 0 Å². The molecule has 0 aliphatic rings. The third-order valence-electron chi connectivity index (χ3n) is 3.75. The van der Waals surface area contributed by atoms with Gasteiger partial charge in [0.2, 0.25) is 5.91 Å². The van der Waals surface area contributed by atoms with E-state index in [2.05, 4.69) is 21.7 Å². The highest BCUT2D eigenvalue weighted by Gasteiger charge is 2.07. The predicted molar refractivity (Wildman–Crippen MR) is 125 cm³/mol. The Morgan fingerprint density at radius 3 is 2.36 bits per heavy atom. The third kappa shape index (κ3) is 10.0. The maximum Gasteiger partial charge on any atom is 0.223 e. The number of hydrogen-bond donors (Lipinski definition) is 2. The first-order valence-electron chi connectivity index (χ1n) is 9.62. The van der Waals surface area contributed by atoms with Crippen LogP contribution in [0.1, 0.15) is 32.8 Å². The number of benzene rings is 1. The average molecular weight is 506 g/mol. The number of ether oxygens (including phenoxy) is 2. The summed E-state index contributed by atoms with van der Waals surface area (Å²) in [6.07, 6.45) is 1.23. The number of nitrogens with one attached hydrogen (secondary N) is 2. The number of nitrogens with zero attached hydrogens (tertiary/aromatic N) is 2. The molecule has 8 heteroatoms. The lowest BCUT2D eigenvalue weighted by Crippen LogP contribution is -2.38. The lowest BCUT2D eigenvalue weighted by atomic mass is 10.1. The Hall–Kier alpha value is -1.71. The van der Waals surface area contributed by atoms with Gasteiger partial charge >= 0.3 is 0 Å². The Kier molecular flexibility index (Phi) is 14.3. The van der Waals surface area contributed by atoms with Crippen molar-refractivity contribution in [2.45, 2.75) is 33.6 Å². The van der Waals surface area contributed by atoms with Crippen LogP contribution in [0.25, 0.3) is 0 Å². The highest BCUT2D eigenvalue weighted by atomic mass is 127. The van der Waals surface area contributed by atoms with Crippen LogP contribution in [0.5, 0.6) is 11.5 Å². The fraction of sp³-hybridized carbons (Fsp3) is 0.600. The van der Waals surface area contributed by atoms with E-state index in [9.17, 15) is 4.79 Å². The minimum atomic E-state index is 0. The molecule has 0 aliphatic heterocycles. The molecule has 1 aromatic rings. The zero-order valence-corrected chi connectivity index (χ0v) is 20.0. The Morgan fingerprint density at radius 1 is 1.07 bits per heavy atom. The van der Waals surface area contributed by atoms with Gasteiger partial charge in [-0.25, -0.2) is 0 Å². The van der Waals surface area contributed by atoms with Crippen LogP contribution in [0, 0.1) is 0 Å². The number of carbonyl (C=O) groups excluding carboxylic acids is 1. The molecule has 28 heavy (non-hydrogen) atoms. The van der Waals surface area contributed by atoms with E-state index in [0.29, 0.717) is 26.2 Å². The number of hydrogen-bond acceptors (Lipinski definition) is 4. The van der Waals surface area contributed by atoms with E-state index >= 15 is 0 Å². The van der Waals surface area contributed by atoms with Gasteiger partial charge in [0.25, 0.3) is 0 Å². The highest BCUT2D eigenvalue weighted by molar-refractivity contribution is 14.0. The zero-order chi connectivity index (χ0) is 20.1. The van der Waals surface area contributed by atoms with E-state index in [1.54, 1.807) is 19.0 Å². The van der Waals surface area contributed by atoms with Crippen LogP contribution in [0.3, 0.4) is 0 Å². The number of carbonyl (C=O) groups is 1. The van der Waals surface area contributed by atoms with Gasteiger partial charge in [0.1, 0.15) is 0 Å². The van der Waals surface area contributed by atoms with E-state index in [1.165, 1.54) is 0 Å². The molecule has 1 rings (SSSR count). The first-order valence-corrected chi connectivity index (χ1v) is 9.62. The van der Waals surface area contributed by atoms with Crippen molar-refractivity contribution in [3.8, 4) is 11.5 Å². The number of rotatable bonds is 11. The fourth-order valence-corrected chi connectivity index (χ4v) is 2.40. The SMILES string of the molecule is CCNC(=NCCC(=O)N(C)C)NCCc1ccc(OCC)c(OCC)c1.I. The van der Waals surface area contributed by atoms with E-state index in [-0.39, 0.29) is 29.9 Å². The van der Waals surface area contributed by atoms with Gasteiger partial charge in [0.15, 0.2) is 17.5 Å². The van der Waals surface area contributed by atoms with Gasteiger partial charge in [-0.3, -0.25) is 9.79 Å². The van der Waals surface area contributed by atoms with Crippen LogP contribution in [-0.2, 0) is 11.2 Å². The van der Waals surface area contributed by atoms with Crippen molar-refractivity contribution in [2.24, 2.45) is 4.99 Å². The van der Waals surface area contributed by atoms with Crippen molar-refractivity contribution >= 4 is 35.8 Å². The zero-order valence-electron chi connectivity index (χ0n) is 17.7. The van der Waals surface area contributed by atoms with Crippen LogP contribution in [-0.4, -0.2) is 63.7 Å².